The Balaban J connectivity index is 1.31. The molecule has 2 aromatic heterocycles. The monoisotopic (exact) mass is 472 g/mol. The molecule has 0 bridgehead atoms. The molecule has 0 saturated carbocycles. The number of H-pyrrole nitrogens is 2. The molecular formula is C27H32N6O2. The van der Waals surface area contributed by atoms with E-state index < -0.39 is 12.2 Å². The fourth-order valence-corrected chi connectivity index (χ4v) is 4.92. The molecule has 4 aromatic rings. The topological polar surface area (TPSA) is 128 Å². The highest BCUT2D eigenvalue weighted by molar-refractivity contribution is 5.88. The van der Waals surface area contributed by atoms with Crippen LogP contribution in [0, 0.1) is 0 Å². The van der Waals surface area contributed by atoms with Crippen LogP contribution >= 0.6 is 0 Å². The first-order chi connectivity index (χ1) is 17.1. The van der Waals surface area contributed by atoms with E-state index in [1.54, 1.807) is 0 Å². The Hall–Kier alpha value is -3.62. The molecule has 35 heavy (non-hydrogen) atoms. The van der Waals surface area contributed by atoms with E-state index in [1.165, 1.54) is 0 Å². The third-order valence-electron chi connectivity index (χ3n) is 6.81. The second-order valence-electron chi connectivity index (χ2n) is 9.31. The Morgan fingerprint density at radius 2 is 1.51 bits per heavy atom. The number of carbonyl (C=O) groups is 2. The summed E-state index contributed by atoms with van der Waals surface area (Å²) in [6, 6.07) is 15.0. The number of fused-ring (bicyclic) bond motifs is 2. The molecule has 3 atom stereocenters. The van der Waals surface area contributed by atoms with Crippen molar-refractivity contribution in [2.75, 3.05) is 6.54 Å². The molecule has 1 aliphatic heterocycles. The van der Waals surface area contributed by atoms with Crippen molar-refractivity contribution >= 4 is 33.6 Å². The summed E-state index contributed by atoms with van der Waals surface area (Å²) in [4.78, 5) is 32.6. The van der Waals surface area contributed by atoms with Crippen molar-refractivity contribution in [3.05, 3.63) is 72.1 Å². The van der Waals surface area contributed by atoms with Gasteiger partial charge in [0.25, 0.3) is 0 Å². The number of aromatic amines is 2. The maximum Gasteiger partial charge on any atom is 0.238 e. The molecule has 2 amide bonds. The lowest BCUT2D eigenvalue weighted by Crippen LogP contribution is -2.57. The van der Waals surface area contributed by atoms with Gasteiger partial charge in [-0.15, -0.1) is 0 Å². The Labute approximate surface area is 204 Å². The highest BCUT2D eigenvalue weighted by Crippen LogP contribution is 2.20. The largest absolute Gasteiger partial charge is 0.361 e. The molecule has 8 heteroatoms. The van der Waals surface area contributed by atoms with Gasteiger partial charge in [0.15, 0.2) is 0 Å². The van der Waals surface area contributed by atoms with Gasteiger partial charge >= 0.3 is 0 Å². The van der Waals surface area contributed by atoms with Crippen LogP contribution < -0.4 is 21.7 Å². The van der Waals surface area contributed by atoms with Crippen LogP contribution in [0.3, 0.4) is 0 Å². The van der Waals surface area contributed by atoms with Gasteiger partial charge in [-0.3, -0.25) is 9.59 Å². The first kappa shape index (κ1) is 23.1. The highest BCUT2D eigenvalue weighted by Gasteiger charge is 2.26. The number of aromatic nitrogens is 2. The van der Waals surface area contributed by atoms with Crippen LogP contribution in [0.5, 0.6) is 0 Å². The fourth-order valence-electron chi connectivity index (χ4n) is 4.92. The van der Waals surface area contributed by atoms with Crippen LogP contribution in [0.25, 0.3) is 21.8 Å². The van der Waals surface area contributed by atoms with Gasteiger partial charge in [-0.05, 0) is 49.1 Å². The van der Waals surface area contributed by atoms with Crippen LogP contribution in [0.1, 0.15) is 30.4 Å². The van der Waals surface area contributed by atoms with Gasteiger partial charge < -0.3 is 31.7 Å². The predicted octanol–water partition coefficient (Wildman–Crippen LogP) is 2.46. The summed E-state index contributed by atoms with van der Waals surface area (Å²) in [6.45, 7) is 0.826. The lowest BCUT2D eigenvalue weighted by Gasteiger charge is -2.27. The molecule has 3 heterocycles. The molecule has 0 spiro atoms. The molecule has 5 rings (SSSR count). The molecule has 1 unspecified atom stereocenters. The molecular weight excluding hydrogens is 440 g/mol. The van der Waals surface area contributed by atoms with E-state index in [-0.39, 0.29) is 17.9 Å². The Kier molecular flexibility index (Phi) is 6.83. The van der Waals surface area contributed by atoms with E-state index in [0.29, 0.717) is 12.8 Å². The van der Waals surface area contributed by atoms with Crippen molar-refractivity contribution in [1.82, 2.24) is 25.9 Å². The van der Waals surface area contributed by atoms with Crippen molar-refractivity contribution in [2.45, 2.75) is 50.4 Å². The zero-order chi connectivity index (χ0) is 24.2. The zero-order valence-corrected chi connectivity index (χ0v) is 19.6. The molecule has 0 radical (unpaired) electrons. The lowest BCUT2D eigenvalue weighted by atomic mass is 10.0. The van der Waals surface area contributed by atoms with Crippen LogP contribution in [-0.2, 0) is 22.4 Å². The summed E-state index contributed by atoms with van der Waals surface area (Å²) in [6.07, 6.45) is 6.98. The van der Waals surface area contributed by atoms with Crippen molar-refractivity contribution in [2.24, 2.45) is 5.73 Å². The summed E-state index contributed by atoms with van der Waals surface area (Å²) >= 11 is 0. The maximum absolute atomic E-state index is 13.1. The smallest absolute Gasteiger partial charge is 0.238 e. The quantitative estimate of drug-likeness (QED) is 0.220. The summed E-state index contributed by atoms with van der Waals surface area (Å²) in [5.74, 6) is -0.392. The number of piperidine rings is 1. The molecule has 1 aliphatic rings. The minimum Gasteiger partial charge on any atom is -0.361 e. The average molecular weight is 473 g/mol. The lowest BCUT2D eigenvalue weighted by molar-refractivity contribution is -0.126. The minimum atomic E-state index is -0.746. The molecule has 2 aromatic carbocycles. The van der Waals surface area contributed by atoms with Crippen LogP contribution in [0.4, 0.5) is 0 Å². The van der Waals surface area contributed by atoms with Crippen LogP contribution in [0.15, 0.2) is 60.9 Å². The number of nitrogens with two attached hydrogens (primary N) is 1. The standard InChI is InChI=1S/C27H32N6O2/c28-21(13-17-15-30-22-9-3-1-7-19(17)22)26(34)32-25(33-27(35)24-11-5-6-12-29-24)14-18-16-31-23-10-4-2-8-20(18)23/h1-4,7-10,15-16,21,24-25,29-31H,5-6,11-14,28H2,(H,32,34)(H,33,35)/t21-,24?,25-/m1/s1. The van der Waals surface area contributed by atoms with E-state index in [9.17, 15) is 9.59 Å². The molecule has 1 saturated heterocycles. The fraction of sp³-hybridized carbons (Fsp3) is 0.333. The summed E-state index contributed by atoms with van der Waals surface area (Å²) < 4.78 is 0. The van der Waals surface area contributed by atoms with Crippen LogP contribution in [-0.4, -0.2) is 46.6 Å². The molecule has 0 aliphatic carbocycles. The zero-order valence-electron chi connectivity index (χ0n) is 19.6. The molecule has 7 N–H and O–H groups in total. The number of rotatable bonds is 8. The number of hydrogen-bond acceptors (Lipinski definition) is 4. The van der Waals surface area contributed by atoms with Crippen LogP contribution in [0.2, 0.25) is 0 Å². The van der Waals surface area contributed by atoms with Gasteiger partial charge in [0.1, 0.15) is 6.17 Å². The first-order valence-electron chi connectivity index (χ1n) is 12.3. The van der Waals surface area contributed by atoms with Gasteiger partial charge in [0.05, 0.1) is 12.1 Å². The summed E-state index contributed by atoms with van der Waals surface area (Å²) in [5.41, 5.74) is 10.4. The number of hydrogen-bond donors (Lipinski definition) is 6. The highest BCUT2D eigenvalue weighted by atomic mass is 16.2. The van der Waals surface area contributed by atoms with Gasteiger partial charge in [-0.25, -0.2) is 0 Å². The number of benzene rings is 2. The molecule has 182 valence electrons. The van der Waals surface area contributed by atoms with Crippen molar-refractivity contribution < 1.29 is 9.59 Å². The Morgan fingerprint density at radius 1 is 0.886 bits per heavy atom. The predicted molar refractivity (Wildman–Crippen MR) is 138 cm³/mol. The normalized spacial score (nSPS) is 17.8. The van der Waals surface area contributed by atoms with Gasteiger partial charge in [0.2, 0.25) is 11.8 Å². The minimum absolute atomic E-state index is 0.0972. The molecule has 1 fully saturated rings. The van der Waals surface area contributed by atoms with E-state index in [4.69, 9.17) is 5.73 Å². The second kappa shape index (κ2) is 10.3. The van der Waals surface area contributed by atoms with E-state index in [0.717, 1.165) is 58.7 Å². The molecule has 8 nitrogen and oxygen atoms in total. The third kappa shape index (κ3) is 5.23. The Morgan fingerprint density at radius 3 is 2.14 bits per heavy atom. The van der Waals surface area contributed by atoms with Gasteiger partial charge in [0, 0.05) is 40.6 Å². The summed E-state index contributed by atoms with van der Waals surface area (Å²) in [5, 5.41) is 11.5. The average Bonchev–Trinajstić information content (AvgIpc) is 3.49. The maximum atomic E-state index is 13.1. The van der Waals surface area contributed by atoms with Crippen molar-refractivity contribution in [1.29, 1.82) is 0 Å². The number of nitrogens with one attached hydrogen (secondary N) is 5. The van der Waals surface area contributed by atoms with Crippen molar-refractivity contribution in [3.63, 3.8) is 0 Å². The number of carbonyl (C=O) groups excluding carboxylic acids is 2. The Bertz CT molecular complexity index is 1320. The van der Waals surface area contributed by atoms with Gasteiger partial charge in [-0.2, -0.15) is 0 Å². The SMILES string of the molecule is N[C@H](Cc1c[nH]c2ccccc12)C(=O)N[C@@H](Cc1c[nH]c2ccccc12)NC(=O)C1CCCCN1. The van der Waals surface area contributed by atoms with Crippen molar-refractivity contribution in [3.8, 4) is 0 Å². The first-order valence-corrected chi connectivity index (χ1v) is 12.3. The number of amides is 2. The van der Waals surface area contributed by atoms with Gasteiger partial charge in [-0.1, -0.05) is 42.8 Å². The van der Waals surface area contributed by atoms with E-state index in [1.807, 2.05) is 60.9 Å². The van der Waals surface area contributed by atoms with E-state index >= 15 is 0 Å². The summed E-state index contributed by atoms with van der Waals surface area (Å²) in [7, 11) is 0. The second-order valence-corrected chi connectivity index (χ2v) is 9.31. The third-order valence-corrected chi connectivity index (χ3v) is 6.81. The van der Waals surface area contributed by atoms with E-state index in [2.05, 4.69) is 25.9 Å². The number of para-hydroxylation sites is 2.